The lowest BCUT2D eigenvalue weighted by Crippen LogP contribution is -2.33. The Morgan fingerprint density at radius 2 is 1.97 bits per heavy atom. The third kappa shape index (κ3) is 8.62. The summed E-state index contributed by atoms with van der Waals surface area (Å²) in [6, 6.07) is 7.87. The standard InChI is InChI=1S/C26H40O6S/c1-7-30-22(27)17-33-18-24(2,3)12-9-13-26(6,23(28)29)20-11-8-10-19(14-20)15-21-16-31-25(4,5)32-21/h8,10-11,14,21H,7,9,12-13,15-18H2,1-6H3,(H,28,29). The van der Waals surface area contributed by atoms with Gasteiger partial charge >= 0.3 is 11.9 Å². The van der Waals surface area contributed by atoms with E-state index in [4.69, 9.17) is 14.2 Å². The maximum Gasteiger partial charge on any atom is 0.315 e. The van der Waals surface area contributed by atoms with Gasteiger partial charge in [-0.2, -0.15) is 0 Å². The molecule has 6 nitrogen and oxygen atoms in total. The van der Waals surface area contributed by atoms with Gasteiger partial charge in [0, 0.05) is 6.42 Å². The van der Waals surface area contributed by atoms with Crippen LogP contribution >= 0.6 is 11.8 Å². The van der Waals surface area contributed by atoms with E-state index in [2.05, 4.69) is 13.8 Å². The quantitative estimate of drug-likeness (QED) is 0.388. The molecule has 2 atom stereocenters. The zero-order chi connectivity index (χ0) is 24.7. The number of benzene rings is 1. The van der Waals surface area contributed by atoms with Crippen molar-refractivity contribution in [1.82, 2.24) is 0 Å². The van der Waals surface area contributed by atoms with Gasteiger partial charge in [0.15, 0.2) is 5.79 Å². The average Bonchev–Trinajstić information content (AvgIpc) is 3.06. The van der Waals surface area contributed by atoms with Gasteiger partial charge in [-0.25, -0.2) is 0 Å². The predicted molar refractivity (Wildman–Crippen MR) is 132 cm³/mol. The molecule has 1 N–H and O–H groups in total. The number of esters is 1. The predicted octanol–water partition coefficient (Wildman–Crippen LogP) is 5.22. The Labute approximate surface area is 202 Å². The van der Waals surface area contributed by atoms with Gasteiger partial charge < -0.3 is 19.3 Å². The van der Waals surface area contributed by atoms with Crippen molar-refractivity contribution < 1.29 is 28.9 Å². The third-order valence-electron chi connectivity index (χ3n) is 6.12. The van der Waals surface area contributed by atoms with Crippen LogP contribution in [-0.4, -0.2) is 53.7 Å². The number of aliphatic carboxylic acids is 1. The highest BCUT2D eigenvalue weighted by molar-refractivity contribution is 7.99. The SMILES string of the molecule is CCOC(=O)CSCC(C)(C)CCCC(C)(C(=O)O)c1cccc(CC2COC(C)(C)O2)c1. The van der Waals surface area contributed by atoms with Crippen molar-refractivity contribution in [3.63, 3.8) is 0 Å². The molecule has 1 aliphatic rings. The summed E-state index contributed by atoms with van der Waals surface area (Å²) >= 11 is 1.57. The van der Waals surface area contributed by atoms with Gasteiger partial charge in [-0.15, -0.1) is 11.8 Å². The summed E-state index contributed by atoms with van der Waals surface area (Å²) in [7, 11) is 0. The average molecular weight is 481 g/mol. The molecule has 0 aliphatic carbocycles. The smallest absolute Gasteiger partial charge is 0.315 e. The zero-order valence-electron chi connectivity index (χ0n) is 20.9. The van der Waals surface area contributed by atoms with E-state index in [-0.39, 0.29) is 17.5 Å². The molecule has 0 saturated carbocycles. The van der Waals surface area contributed by atoms with Crippen LogP contribution in [0.15, 0.2) is 24.3 Å². The summed E-state index contributed by atoms with van der Waals surface area (Å²) in [6.07, 6.45) is 2.88. The number of carboxylic acids is 1. The molecule has 1 fully saturated rings. The first-order valence-electron chi connectivity index (χ1n) is 11.7. The van der Waals surface area contributed by atoms with Crippen LogP contribution in [0.3, 0.4) is 0 Å². The molecule has 33 heavy (non-hydrogen) atoms. The van der Waals surface area contributed by atoms with Gasteiger partial charge in [0.05, 0.1) is 30.5 Å². The maximum atomic E-state index is 12.3. The first-order valence-corrected chi connectivity index (χ1v) is 12.9. The Kier molecular flexibility index (Phi) is 9.82. The van der Waals surface area contributed by atoms with Crippen LogP contribution in [0.5, 0.6) is 0 Å². The number of ether oxygens (including phenoxy) is 3. The topological polar surface area (TPSA) is 82.1 Å². The molecule has 1 aromatic carbocycles. The molecule has 1 heterocycles. The lowest BCUT2D eigenvalue weighted by molar-refractivity contribution is -0.143. The Bertz CT molecular complexity index is 806. The van der Waals surface area contributed by atoms with E-state index in [0.29, 0.717) is 31.8 Å². The highest BCUT2D eigenvalue weighted by atomic mass is 32.2. The van der Waals surface area contributed by atoms with Gasteiger partial charge in [-0.3, -0.25) is 9.59 Å². The number of rotatable bonds is 13. The lowest BCUT2D eigenvalue weighted by atomic mass is 9.76. The van der Waals surface area contributed by atoms with Crippen LogP contribution in [0.1, 0.15) is 71.9 Å². The highest BCUT2D eigenvalue weighted by Gasteiger charge is 2.36. The largest absolute Gasteiger partial charge is 0.481 e. The minimum absolute atomic E-state index is 0.00500. The van der Waals surface area contributed by atoms with Crippen LogP contribution in [0, 0.1) is 5.41 Å². The molecular formula is C26H40O6S. The van der Waals surface area contributed by atoms with Crippen LogP contribution in [0.2, 0.25) is 0 Å². The number of carboxylic acid groups (broad SMARTS) is 1. The van der Waals surface area contributed by atoms with Gasteiger partial charge in [0.25, 0.3) is 0 Å². The van der Waals surface area contributed by atoms with Gasteiger partial charge in [0.1, 0.15) is 0 Å². The second-order valence-electron chi connectivity index (χ2n) is 10.3. The molecule has 2 rings (SSSR count). The summed E-state index contributed by atoms with van der Waals surface area (Å²) < 4.78 is 16.6. The summed E-state index contributed by atoms with van der Waals surface area (Å²) in [5.74, 6) is -0.390. The van der Waals surface area contributed by atoms with E-state index in [1.807, 2.05) is 45.0 Å². The van der Waals surface area contributed by atoms with Crippen molar-refractivity contribution in [3.05, 3.63) is 35.4 Å². The minimum Gasteiger partial charge on any atom is -0.481 e. The Morgan fingerprint density at radius 3 is 2.58 bits per heavy atom. The van der Waals surface area contributed by atoms with E-state index >= 15 is 0 Å². The number of hydrogen-bond acceptors (Lipinski definition) is 6. The molecule has 1 aliphatic heterocycles. The Hall–Kier alpha value is -1.57. The first-order chi connectivity index (χ1) is 15.4. The van der Waals surface area contributed by atoms with E-state index in [9.17, 15) is 14.7 Å². The molecular weight excluding hydrogens is 440 g/mol. The molecule has 0 aromatic heterocycles. The second-order valence-corrected chi connectivity index (χ2v) is 11.3. The molecule has 0 bridgehead atoms. The number of carbonyl (C=O) groups excluding carboxylic acids is 1. The summed E-state index contributed by atoms with van der Waals surface area (Å²) in [4.78, 5) is 23.9. The molecule has 2 unspecified atom stereocenters. The summed E-state index contributed by atoms with van der Waals surface area (Å²) in [6.45, 7) is 12.7. The fraction of sp³-hybridized carbons (Fsp3) is 0.692. The van der Waals surface area contributed by atoms with Crippen LogP contribution in [0.25, 0.3) is 0 Å². The van der Waals surface area contributed by atoms with E-state index in [0.717, 1.165) is 29.7 Å². The normalized spacial score (nSPS) is 19.8. The fourth-order valence-electron chi connectivity index (χ4n) is 4.15. The molecule has 0 spiro atoms. The van der Waals surface area contributed by atoms with Crippen LogP contribution in [-0.2, 0) is 35.6 Å². The van der Waals surface area contributed by atoms with Crippen LogP contribution in [0.4, 0.5) is 0 Å². The molecule has 7 heteroatoms. The van der Waals surface area contributed by atoms with Crippen molar-refractivity contribution >= 4 is 23.7 Å². The first kappa shape index (κ1) is 27.7. The van der Waals surface area contributed by atoms with E-state index < -0.39 is 17.2 Å². The fourth-order valence-corrected chi connectivity index (χ4v) is 5.20. The molecule has 0 amide bonds. The second kappa shape index (κ2) is 11.7. The summed E-state index contributed by atoms with van der Waals surface area (Å²) in [5, 5.41) is 10.1. The van der Waals surface area contributed by atoms with Crippen molar-refractivity contribution in [1.29, 1.82) is 0 Å². The number of carbonyl (C=O) groups is 2. The highest BCUT2D eigenvalue weighted by Crippen LogP contribution is 2.35. The zero-order valence-corrected chi connectivity index (χ0v) is 21.8. The van der Waals surface area contributed by atoms with E-state index in [1.165, 1.54) is 0 Å². The van der Waals surface area contributed by atoms with Gasteiger partial charge in [-0.05, 0) is 62.8 Å². The Balaban J connectivity index is 1.96. The minimum atomic E-state index is -0.962. The molecule has 1 saturated heterocycles. The molecule has 0 radical (unpaired) electrons. The Morgan fingerprint density at radius 1 is 1.24 bits per heavy atom. The number of hydrogen-bond donors (Lipinski definition) is 1. The van der Waals surface area contributed by atoms with Crippen LogP contribution < -0.4 is 0 Å². The summed E-state index contributed by atoms with van der Waals surface area (Å²) in [5.41, 5.74) is 0.920. The molecule has 186 valence electrons. The molecule has 1 aromatic rings. The van der Waals surface area contributed by atoms with Crippen molar-refractivity contribution in [3.8, 4) is 0 Å². The van der Waals surface area contributed by atoms with Gasteiger partial charge in [0.2, 0.25) is 0 Å². The third-order valence-corrected chi connectivity index (χ3v) is 7.54. The lowest BCUT2D eigenvalue weighted by Gasteiger charge is -2.29. The van der Waals surface area contributed by atoms with Gasteiger partial charge in [-0.1, -0.05) is 44.5 Å². The maximum absolute atomic E-state index is 12.3. The monoisotopic (exact) mass is 480 g/mol. The van der Waals surface area contributed by atoms with E-state index in [1.54, 1.807) is 18.7 Å². The number of thioether (sulfide) groups is 1. The van der Waals surface area contributed by atoms with Crippen molar-refractivity contribution in [2.45, 2.75) is 84.5 Å². The van der Waals surface area contributed by atoms with Crippen molar-refractivity contribution in [2.24, 2.45) is 5.41 Å². The van der Waals surface area contributed by atoms with Crippen molar-refractivity contribution in [2.75, 3.05) is 24.7 Å².